The van der Waals surface area contributed by atoms with Crippen molar-refractivity contribution in [2.45, 2.75) is 65.5 Å². The summed E-state index contributed by atoms with van der Waals surface area (Å²) in [4.78, 5) is 44.8. The Balaban J connectivity index is 0.00000225. The predicted octanol–water partition coefficient (Wildman–Crippen LogP) is 4.81. The molecule has 44 heavy (non-hydrogen) atoms. The summed E-state index contributed by atoms with van der Waals surface area (Å²) in [6, 6.07) is 9.25. The molecule has 10 nitrogen and oxygen atoms in total. The van der Waals surface area contributed by atoms with Crippen LogP contribution in [0.1, 0.15) is 70.3 Å². The quantitative estimate of drug-likeness (QED) is 0.232. The molecular formula is C31H39Cl3N8O2. The van der Waals surface area contributed by atoms with Gasteiger partial charge in [0.2, 0.25) is 5.91 Å². The number of amides is 1. The normalized spacial score (nSPS) is 13.9. The number of nitrogens with one attached hydrogen (secondary N) is 2. The third-order valence-electron chi connectivity index (χ3n) is 7.75. The number of anilines is 2. The highest BCUT2D eigenvalue weighted by Crippen LogP contribution is 2.27. The summed E-state index contributed by atoms with van der Waals surface area (Å²) in [5.74, 6) is 0.902. The zero-order chi connectivity index (χ0) is 29.1. The lowest BCUT2D eigenvalue weighted by atomic mass is 9.92. The Kier molecular flexibility index (Phi) is 13.1. The van der Waals surface area contributed by atoms with E-state index in [2.05, 4.69) is 69.5 Å². The number of pyridine rings is 1. The molecule has 0 unspecified atom stereocenters. The first kappa shape index (κ1) is 36.5. The summed E-state index contributed by atoms with van der Waals surface area (Å²) >= 11 is 0. The summed E-state index contributed by atoms with van der Waals surface area (Å²) in [5, 5.41) is 6.23. The minimum atomic E-state index is -0.608. The highest BCUT2D eigenvalue weighted by molar-refractivity contribution is 5.86. The lowest BCUT2D eigenvalue weighted by Gasteiger charge is -2.20. The number of carbonyl (C=O) groups excluding carboxylic acids is 1. The number of nitrogens with zero attached hydrogens (tertiary/aromatic N) is 5. The van der Waals surface area contributed by atoms with Crippen LogP contribution in [0.3, 0.4) is 0 Å². The van der Waals surface area contributed by atoms with E-state index in [1.165, 1.54) is 5.56 Å². The van der Waals surface area contributed by atoms with Gasteiger partial charge in [0.05, 0.1) is 5.92 Å². The summed E-state index contributed by atoms with van der Waals surface area (Å²) < 4.78 is 1.57. The molecule has 0 radical (unpaired) electrons. The fraction of sp³-hybridized carbons (Fsp3) is 0.355. The van der Waals surface area contributed by atoms with E-state index in [4.69, 9.17) is 5.73 Å². The maximum Gasteiger partial charge on any atom is 0.294 e. The molecule has 0 bridgehead atoms. The van der Waals surface area contributed by atoms with Crippen molar-refractivity contribution in [2.75, 3.05) is 17.6 Å². The fourth-order valence-corrected chi connectivity index (χ4v) is 5.39. The van der Waals surface area contributed by atoms with E-state index >= 15 is 0 Å². The molecule has 1 aliphatic rings. The first-order valence-corrected chi connectivity index (χ1v) is 14.0. The van der Waals surface area contributed by atoms with Gasteiger partial charge in [-0.1, -0.05) is 36.8 Å². The Hall–Kier alpha value is -3.73. The van der Waals surface area contributed by atoms with E-state index in [1.807, 2.05) is 25.4 Å². The lowest BCUT2D eigenvalue weighted by Crippen LogP contribution is -2.36. The number of aryl methyl sites for hydroxylation is 5. The number of fused-ring (bicyclic) bond motifs is 1. The highest BCUT2D eigenvalue weighted by Gasteiger charge is 2.31. The average Bonchev–Trinajstić information content (AvgIpc) is 3.40. The van der Waals surface area contributed by atoms with Crippen molar-refractivity contribution < 1.29 is 4.79 Å². The predicted molar refractivity (Wildman–Crippen MR) is 180 cm³/mol. The molecule has 13 heteroatoms. The Morgan fingerprint density at radius 1 is 1.05 bits per heavy atom. The van der Waals surface area contributed by atoms with Crippen LogP contribution in [0.25, 0.3) is 0 Å². The molecule has 2 atom stereocenters. The first-order chi connectivity index (χ1) is 19.7. The number of hydrogen-bond donors (Lipinski definition) is 3. The van der Waals surface area contributed by atoms with Crippen molar-refractivity contribution in [3.05, 3.63) is 104 Å². The SMILES string of the molecule is CCc1cnc([C@@H](CNc2ncc3n(c2=O)[C@H](C(=O)NCc2ccc(N)nc2C)CC3)c2ccc(C)cc2C)nc1.Cl.Cl.Cl. The van der Waals surface area contributed by atoms with Gasteiger partial charge in [-0.2, -0.15) is 0 Å². The van der Waals surface area contributed by atoms with Crippen LogP contribution in [0.15, 0.2) is 53.7 Å². The van der Waals surface area contributed by atoms with Crippen molar-refractivity contribution in [1.29, 1.82) is 0 Å². The molecule has 4 aromatic rings. The van der Waals surface area contributed by atoms with Crippen LogP contribution in [0, 0.1) is 20.8 Å². The van der Waals surface area contributed by atoms with E-state index in [1.54, 1.807) is 16.8 Å². The van der Waals surface area contributed by atoms with E-state index in [-0.39, 0.29) is 60.4 Å². The van der Waals surface area contributed by atoms with E-state index in [0.29, 0.717) is 37.6 Å². The van der Waals surface area contributed by atoms with Crippen LogP contribution in [0.5, 0.6) is 0 Å². The molecule has 0 aliphatic carbocycles. The van der Waals surface area contributed by atoms with E-state index < -0.39 is 6.04 Å². The largest absolute Gasteiger partial charge is 0.384 e. The van der Waals surface area contributed by atoms with Crippen LogP contribution in [-0.2, 0) is 24.2 Å². The third-order valence-corrected chi connectivity index (χ3v) is 7.75. The molecule has 1 aromatic carbocycles. The molecule has 4 heterocycles. The second-order valence-electron chi connectivity index (χ2n) is 10.6. The molecule has 5 rings (SSSR count). The van der Waals surface area contributed by atoms with E-state index in [9.17, 15) is 9.59 Å². The maximum atomic E-state index is 13.6. The number of halogens is 3. The van der Waals surface area contributed by atoms with Gasteiger partial charge in [-0.25, -0.2) is 19.9 Å². The number of benzene rings is 1. The van der Waals surface area contributed by atoms with Crippen molar-refractivity contribution in [2.24, 2.45) is 0 Å². The second kappa shape index (κ2) is 15.8. The number of carbonyl (C=O) groups is 1. The number of nitrogen functional groups attached to an aromatic ring is 1. The molecule has 1 amide bonds. The maximum absolute atomic E-state index is 13.6. The average molecular weight is 662 g/mol. The molecular weight excluding hydrogens is 623 g/mol. The van der Waals surface area contributed by atoms with Crippen LogP contribution in [0.4, 0.5) is 11.6 Å². The highest BCUT2D eigenvalue weighted by atomic mass is 35.5. The number of nitrogens with two attached hydrogens (primary N) is 1. The third kappa shape index (κ3) is 7.85. The van der Waals surface area contributed by atoms with Gasteiger partial charge in [0.1, 0.15) is 17.7 Å². The standard InChI is InChI=1S/C31H36N8O2.3ClH/c1-5-21-13-33-28(34-14-21)25(24-9-6-18(2)12-19(24)3)17-36-29-31(41)39-23(16-35-29)8-10-26(39)30(40)37-15-22-7-11-27(32)38-20(22)4;;;/h6-7,9,11-14,16,25-26H,5,8,10,15,17H2,1-4H3,(H2,32,38)(H,35,36)(H,37,40);3*1H/t25-,26-;;;/m0.../s1. The second-order valence-corrected chi connectivity index (χ2v) is 10.6. The van der Waals surface area contributed by atoms with Crippen molar-refractivity contribution >= 4 is 54.8 Å². The molecule has 4 N–H and O–H groups in total. The summed E-state index contributed by atoms with van der Waals surface area (Å²) in [7, 11) is 0. The van der Waals surface area contributed by atoms with Crippen LogP contribution in [0.2, 0.25) is 0 Å². The number of aromatic nitrogens is 5. The topological polar surface area (TPSA) is 141 Å². The minimum absolute atomic E-state index is 0. The molecule has 0 saturated carbocycles. The Morgan fingerprint density at radius 3 is 2.43 bits per heavy atom. The zero-order valence-electron chi connectivity index (χ0n) is 25.2. The molecule has 236 valence electrons. The van der Waals surface area contributed by atoms with E-state index in [0.717, 1.165) is 40.1 Å². The van der Waals surface area contributed by atoms with Crippen LogP contribution in [-0.4, -0.2) is 37.0 Å². The van der Waals surface area contributed by atoms with Gasteiger partial charge in [-0.05, 0) is 68.4 Å². The van der Waals surface area contributed by atoms with Gasteiger partial charge in [0.15, 0.2) is 5.82 Å². The van der Waals surface area contributed by atoms with Crippen molar-refractivity contribution in [3.8, 4) is 0 Å². The van der Waals surface area contributed by atoms with Gasteiger partial charge in [-0.15, -0.1) is 37.2 Å². The van der Waals surface area contributed by atoms with Gasteiger partial charge in [0.25, 0.3) is 5.56 Å². The fourth-order valence-electron chi connectivity index (χ4n) is 5.39. The summed E-state index contributed by atoms with van der Waals surface area (Å²) in [6.07, 6.45) is 7.39. The molecule has 3 aromatic heterocycles. The summed E-state index contributed by atoms with van der Waals surface area (Å²) in [5.41, 5.74) is 12.3. The minimum Gasteiger partial charge on any atom is -0.384 e. The van der Waals surface area contributed by atoms with Crippen LogP contribution >= 0.6 is 37.2 Å². The van der Waals surface area contributed by atoms with Gasteiger partial charge < -0.3 is 16.4 Å². The Bertz CT molecular complexity index is 1650. The molecule has 0 spiro atoms. The van der Waals surface area contributed by atoms with Gasteiger partial charge in [0, 0.05) is 43.1 Å². The molecule has 0 fully saturated rings. The van der Waals surface area contributed by atoms with Crippen LogP contribution < -0.4 is 21.9 Å². The number of hydrogen-bond acceptors (Lipinski definition) is 8. The number of rotatable bonds is 9. The lowest BCUT2D eigenvalue weighted by molar-refractivity contribution is -0.124. The van der Waals surface area contributed by atoms with Crippen molar-refractivity contribution in [3.63, 3.8) is 0 Å². The van der Waals surface area contributed by atoms with Crippen molar-refractivity contribution in [1.82, 2.24) is 29.8 Å². The smallest absolute Gasteiger partial charge is 0.294 e. The monoisotopic (exact) mass is 660 g/mol. The first-order valence-electron chi connectivity index (χ1n) is 14.0. The molecule has 1 aliphatic heterocycles. The molecule has 0 saturated heterocycles. The summed E-state index contributed by atoms with van der Waals surface area (Å²) in [6.45, 7) is 8.74. The Labute approximate surface area is 276 Å². The Morgan fingerprint density at radius 2 is 1.77 bits per heavy atom. The zero-order valence-corrected chi connectivity index (χ0v) is 27.6. The van der Waals surface area contributed by atoms with Gasteiger partial charge >= 0.3 is 0 Å². The van der Waals surface area contributed by atoms with Gasteiger partial charge in [-0.3, -0.25) is 14.2 Å².